The molecule has 1 aliphatic heterocycles. The largest absolute Gasteiger partial charge is 1.00 e. The summed E-state index contributed by atoms with van der Waals surface area (Å²) < 4.78 is 7.68. The number of fused-ring (bicyclic) bond motifs is 2. The van der Waals surface area contributed by atoms with Crippen LogP contribution in [0.15, 0.2) is 43.0 Å². The number of carbonyl (C=O) groups is 1. The van der Waals surface area contributed by atoms with Crippen molar-refractivity contribution in [1.82, 2.24) is 0 Å². The van der Waals surface area contributed by atoms with E-state index in [1.807, 2.05) is 6.08 Å². The van der Waals surface area contributed by atoms with Gasteiger partial charge in [-0.15, -0.1) is 0 Å². The van der Waals surface area contributed by atoms with Gasteiger partial charge < -0.3 is 24.8 Å². The Morgan fingerprint density at radius 3 is 2.84 bits per heavy atom. The number of hydrogen-bond acceptors (Lipinski definition) is 3. The number of halogens is 2. The van der Waals surface area contributed by atoms with Gasteiger partial charge in [0.05, 0.1) is 0 Å². The Morgan fingerprint density at radius 2 is 2.11 bits per heavy atom. The zero-order valence-corrected chi connectivity index (χ0v) is 15.5. The molecule has 0 amide bonds. The molecule has 1 saturated heterocycles. The standard InChI is InChI=1S/C9H5OSi.C3H7O2.2ClH.Zr/c10-6-3-1-2-5-4-7-9(11-7)8(5)6;1-5-3-2-4;;;/h1-3H,11H2;4H,1-3H2;2*1H;/q;;;;+2/p-2. The summed E-state index contributed by atoms with van der Waals surface area (Å²) in [5.41, 5.74) is 2.23. The number of ketones is 1. The minimum atomic E-state index is -0.734. The van der Waals surface area contributed by atoms with Crippen LogP contribution in [0.3, 0.4) is 0 Å². The number of ether oxygens (including phenoxy) is 1. The van der Waals surface area contributed by atoms with E-state index in [4.69, 9.17) is 9.84 Å². The van der Waals surface area contributed by atoms with Crippen molar-refractivity contribution in [3.05, 3.63) is 43.0 Å². The van der Waals surface area contributed by atoms with Gasteiger partial charge >= 0.3 is 114 Å². The van der Waals surface area contributed by atoms with Crippen molar-refractivity contribution in [3.8, 4) is 0 Å². The van der Waals surface area contributed by atoms with Crippen molar-refractivity contribution < 1.29 is 62.7 Å². The first-order chi connectivity index (χ1) is 8.33. The zero-order chi connectivity index (χ0) is 11.8. The molecular formula is C12H12Cl2O3SiZr. The van der Waals surface area contributed by atoms with E-state index in [-0.39, 0.29) is 46.7 Å². The maximum Gasteiger partial charge on any atom is -1.00 e. The molecule has 3 aliphatic rings. The zero-order valence-electron chi connectivity index (χ0n) is 10.1. The molecule has 0 radical (unpaired) electrons. The average Bonchev–Trinajstić information content (AvgIpc) is 3.03. The minimum absolute atomic E-state index is 0. The van der Waals surface area contributed by atoms with Gasteiger partial charge in [-0.05, 0) is 0 Å². The third-order valence-corrected chi connectivity index (χ3v) is 8.84. The Bertz CT molecular complexity index is 523. The number of aliphatic hydroxyl groups is 1. The summed E-state index contributed by atoms with van der Waals surface area (Å²) in [4.78, 5) is 11.8. The maximum atomic E-state index is 11.8. The van der Waals surface area contributed by atoms with Crippen LogP contribution < -0.4 is 24.8 Å². The molecule has 0 aromatic heterocycles. The van der Waals surface area contributed by atoms with Gasteiger partial charge in [-0.25, -0.2) is 0 Å². The van der Waals surface area contributed by atoms with E-state index in [1.165, 1.54) is 14.1 Å². The minimum Gasteiger partial charge on any atom is -1.00 e. The van der Waals surface area contributed by atoms with E-state index in [0.29, 0.717) is 6.61 Å². The predicted molar refractivity (Wildman–Crippen MR) is 62.7 cm³/mol. The summed E-state index contributed by atoms with van der Waals surface area (Å²) in [5, 5.41) is 11.6. The third-order valence-electron chi connectivity index (χ3n) is 3.08. The topological polar surface area (TPSA) is 46.5 Å². The Hall–Kier alpha value is 0.230. The molecule has 7 heteroatoms. The fourth-order valence-corrected chi connectivity index (χ4v) is 8.48. The van der Waals surface area contributed by atoms with Crippen LogP contribution in [0.25, 0.3) is 0 Å². The number of hydrogen-bond donors (Lipinski definition) is 1. The Morgan fingerprint density at radius 1 is 1.32 bits per heavy atom. The van der Waals surface area contributed by atoms with Gasteiger partial charge in [-0.2, -0.15) is 0 Å². The van der Waals surface area contributed by atoms with Gasteiger partial charge in [-0.3, -0.25) is 0 Å². The molecule has 0 saturated carbocycles. The van der Waals surface area contributed by atoms with Gasteiger partial charge in [0.25, 0.3) is 0 Å². The molecule has 0 spiro atoms. The molecule has 0 aromatic rings. The first-order valence-corrected chi connectivity index (χ1v) is 10.0. The summed E-state index contributed by atoms with van der Waals surface area (Å²) in [7, 11) is -0.191. The molecule has 0 unspecified atom stereocenters. The van der Waals surface area contributed by atoms with Crippen LogP contribution in [0.1, 0.15) is 0 Å². The monoisotopic (exact) mass is 392 g/mol. The van der Waals surface area contributed by atoms with Crippen LogP contribution >= 0.6 is 0 Å². The molecule has 100 valence electrons. The molecule has 2 aliphatic carbocycles. The van der Waals surface area contributed by atoms with Crippen LogP contribution in [0.2, 0.25) is 0 Å². The second-order valence-electron chi connectivity index (χ2n) is 4.14. The molecule has 1 heterocycles. The molecule has 0 atom stereocenters. The summed E-state index contributed by atoms with van der Waals surface area (Å²) in [6.45, 7) is 0.532. The van der Waals surface area contributed by atoms with E-state index in [9.17, 15) is 4.79 Å². The number of carbonyl (C=O) groups excluding carboxylic acids is 1. The van der Waals surface area contributed by atoms with E-state index in [2.05, 4.69) is 6.08 Å². The Labute approximate surface area is 138 Å². The fourth-order valence-electron chi connectivity index (χ4n) is 2.29. The van der Waals surface area contributed by atoms with Crippen molar-refractivity contribution >= 4 is 15.3 Å². The van der Waals surface area contributed by atoms with Crippen LogP contribution in [-0.2, 0) is 32.8 Å². The molecular weight excluding hydrogens is 382 g/mol. The van der Waals surface area contributed by atoms with Gasteiger partial charge in [0.2, 0.25) is 0 Å². The number of rotatable bonds is 5. The normalized spacial score (nSPS) is 19.4. The molecule has 19 heavy (non-hydrogen) atoms. The summed E-state index contributed by atoms with van der Waals surface area (Å²) in [5.74, 6) is 0.200. The van der Waals surface area contributed by atoms with Crippen LogP contribution in [0.5, 0.6) is 0 Å². The van der Waals surface area contributed by atoms with Crippen molar-refractivity contribution in [2.24, 2.45) is 0 Å². The van der Waals surface area contributed by atoms with E-state index in [0.717, 1.165) is 9.89 Å². The molecule has 1 fully saturated rings. The molecule has 0 bridgehead atoms. The van der Waals surface area contributed by atoms with Crippen LogP contribution in [-0.4, -0.2) is 37.9 Å². The van der Waals surface area contributed by atoms with E-state index >= 15 is 0 Å². The molecule has 0 aromatic carbocycles. The van der Waals surface area contributed by atoms with Crippen molar-refractivity contribution in [2.75, 3.05) is 17.5 Å². The molecule has 3 nitrogen and oxygen atoms in total. The Kier molecular flexibility index (Phi) is 6.64. The molecule has 3 rings (SSSR count). The van der Waals surface area contributed by atoms with Gasteiger partial charge in [0, 0.05) is 0 Å². The van der Waals surface area contributed by atoms with Crippen LogP contribution in [0, 0.1) is 0 Å². The average molecular weight is 394 g/mol. The SMILES string of the molecule is O=C1C=CC=C2[C]([Zr+2][CH2]OCCO)=C3[SiH2]C3=C12.[Cl-].[Cl-]. The predicted octanol–water partition coefficient (Wildman–Crippen LogP) is -6.23. The molecule has 1 N–H and O–H groups in total. The third kappa shape index (κ3) is 3.29. The fraction of sp³-hybridized carbons (Fsp3) is 0.250. The summed E-state index contributed by atoms with van der Waals surface area (Å²) in [6, 6.07) is 0. The van der Waals surface area contributed by atoms with Crippen LogP contribution in [0.4, 0.5) is 0 Å². The quantitative estimate of drug-likeness (QED) is 0.373. The second kappa shape index (κ2) is 7.30. The van der Waals surface area contributed by atoms with Gasteiger partial charge in [-0.1, -0.05) is 0 Å². The smallest absolute Gasteiger partial charge is 1.00 e. The second-order valence-corrected chi connectivity index (χ2v) is 8.72. The van der Waals surface area contributed by atoms with Crippen molar-refractivity contribution in [1.29, 1.82) is 0 Å². The maximum absolute atomic E-state index is 11.8. The van der Waals surface area contributed by atoms with Crippen molar-refractivity contribution in [2.45, 2.75) is 0 Å². The van der Waals surface area contributed by atoms with Gasteiger partial charge in [0.1, 0.15) is 0 Å². The number of aliphatic hydroxyl groups excluding tert-OH is 1. The van der Waals surface area contributed by atoms with Gasteiger partial charge in [0.15, 0.2) is 0 Å². The van der Waals surface area contributed by atoms with E-state index < -0.39 is 23.2 Å². The van der Waals surface area contributed by atoms with E-state index in [1.54, 1.807) is 11.3 Å². The summed E-state index contributed by atoms with van der Waals surface area (Å²) >= 11 is -0.734. The Balaban J connectivity index is 0.000000902. The number of allylic oxidation sites excluding steroid dienone is 8. The first kappa shape index (κ1) is 17.3. The summed E-state index contributed by atoms with van der Waals surface area (Å²) in [6.07, 6.45) is 5.62. The van der Waals surface area contributed by atoms with Crippen molar-refractivity contribution in [3.63, 3.8) is 0 Å². The first-order valence-electron chi connectivity index (χ1n) is 5.65.